The van der Waals surface area contributed by atoms with Crippen molar-refractivity contribution in [1.82, 2.24) is 5.32 Å². The van der Waals surface area contributed by atoms with E-state index < -0.39 is 17.9 Å². The first kappa shape index (κ1) is 15.7. The van der Waals surface area contributed by atoms with Crippen LogP contribution in [0, 0.1) is 9.49 Å². The molecule has 0 bridgehead atoms. The number of benzene rings is 1. The van der Waals surface area contributed by atoms with Crippen LogP contribution in [-0.4, -0.2) is 28.1 Å². The Kier molecular flexibility index (Phi) is 5.59. The van der Waals surface area contributed by atoms with Crippen molar-refractivity contribution < 1.29 is 19.8 Å². The monoisotopic (exact) mass is 377 g/mol. The van der Waals surface area contributed by atoms with Gasteiger partial charge in [0.25, 0.3) is 5.91 Å². The Morgan fingerprint density at radius 2 is 2.05 bits per heavy atom. The number of carbonyl (C=O) groups is 2. The Morgan fingerprint density at radius 1 is 1.42 bits per heavy atom. The Balaban J connectivity index is 2.94. The van der Waals surface area contributed by atoms with E-state index in [0.29, 0.717) is 6.42 Å². The Morgan fingerprint density at radius 3 is 2.58 bits per heavy atom. The van der Waals surface area contributed by atoms with Gasteiger partial charge in [-0.15, -0.1) is 0 Å². The van der Waals surface area contributed by atoms with Crippen LogP contribution in [0.2, 0.25) is 0 Å². The molecule has 2 atom stereocenters. The smallest absolute Gasteiger partial charge is 0.326 e. The van der Waals surface area contributed by atoms with Gasteiger partial charge in [-0.2, -0.15) is 0 Å². The van der Waals surface area contributed by atoms with Gasteiger partial charge in [0.15, 0.2) is 0 Å². The van der Waals surface area contributed by atoms with Crippen LogP contribution in [0.3, 0.4) is 0 Å². The summed E-state index contributed by atoms with van der Waals surface area (Å²) in [6.45, 7) is 3.61. The minimum absolute atomic E-state index is 0.0847. The van der Waals surface area contributed by atoms with E-state index in [1.165, 1.54) is 12.1 Å². The summed E-state index contributed by atoms with van der Waals surface area (Å²) < 4.78 is 0.788. The summed E-state index contributed by atoms with van der Waals surface area (Å²) in [5.41, 5.74) is 0.0847. The van der Waals surface area contributed by atoms with Crippen molar-refractivity contribution in [3.63, 3.8) is 0 Å². The van der Waals surface area contributed by atoms with Gasteiger partial charge in [-0.05, 0) is 46.7 Å². The molecule has 3 N–H and O–H groups in total. The van der Waals surface area contributed by atoms with Crippen molar-refractivity contribution in [3.8, 4) is 5.75 Å². The molecule has 0 aliphatic rings. The number of aromatic hydroxyl groups is 1. The number of nitrogens with one attached hydrogen (secondary N) is 1. The number of phenols is 1. The Labute approximate surface area is 125 Å². The number of carboxylic acids is 1. The standard InChI is InChI=1S/C13H16INO4/c1-3-7(2)11(13(18)19)15-12(17)9-6-8(14)4-5-10(9)16/h4-7,11,16H,3H2,1-2H3,(H,15,17)(H,18,19). The number of phenolic OH excluding ortho intramolecular Hbond substituents is 1. The topological polar surface area (TPSA) is 86.6 Å². The van der Waals surface area contributed by atoms with Crippen LogP contribution in [0.15, 0.2) is 18.2 Å². The van der Waals surface area contributed by atoms with Gasteiger partial charge in [0, 0.05) is 3.57 Å². The van der Waals surface area contributed by atoms with Gasteiger partial charge in [0.05, 0.1) is 5.56 Å². The minimum atomic E-state index is -1.08. The Hall–Kier alpha value is -1.31. The van der Waals surface area contributed by atoms with Crippen LogP contribution in [0.1, 0.15) is 30.6 Å². The fraction of sp³-hybridized carbons (Fsp3) is 0.385. The maximum Gasteiger partial charge on any atom is 0.326 e. The average Bonchev–Trinajstić information content (AvgIpc) is 2.37. The van der Waals surface area contributed by atoms with Crippen molar-refractivity contribution in [2.75, 3.05) is 0 Å². The molecule has 5 nitrogen and oxygen atoms in total. The number of aliphatic carboxylic acids is 1. The molecule has 0 aliphatic carbocycles. The summed E-state index contributed by atoms with van der Waals surface area (Å²) in [5.74, 6) is -2.01. The van der Waals surface area contributed by atoms with Gasteiger partial charge in [-0.25, -0.2) is 4.79 Å². The fourth-order valence-electron chi connectivity index (χ4n) is 1.59. The molecular weight excluding hydrogens is 361 g/mol. The quantitative estimate of drug-likeness (QED) is 0.687. The summed E-state index contributed by atoms with van der Waals surface area (Å²) >= 11 is 2.02. The third-order valence-corrected chi connectivity index (χ3v) is 3.64. The van der Waals surface area contributed by atoms with Crippen LogP contribution >= 0.6 is 22.6 Å². The summed E-state index contributed by atoms with van der Waals surface area (Å²) in [6, 6.07) is 3.63. The first-order chi connectivity index (χ1) is 8.86. The van der Waals surface area contributed by atoms with Gasteiger partial charge < -0.3 is 15.5 Å². The largest absolute Gasteiger partial charge is 0.507 e. The highest BCUT2D eigenvalue weighted by atomic mass is 127. The first-order valence-corrected chi connectivity index (χ1v) is 6.96. The summed E-state index contributed by atoms with van der Waals surface area (Å²) in [6.07, 6.45) is 0.634. The lowest BCUT2D eigenvalue weighted by molar-refractivity contribution is -0.140. The van der Waals surface area contributed by atoms with Crippen LogP contribution in [0.25, 0.3) is 0 Å². The molecule has 1 aromatic rings. The van der Waals surface area contributed by atoms with E-state index in [0.717, 1.165) is 3.57 Å². The highest BCUT2D eigenvalue weighted by Crippen LogP contribution is 2.20. The maximum absolute atomic E-state index is 12.0. The van der Waals surface area contributed by atoms with E-state index in [4.69, 9.17) is 5.11 Å². The van der Waals surface area contributed by atoms with Crippen molar-refractivity contribution in [2.24, 2.45) is 5.92 Å². The molecule has 0 saturated carbocycles. The van der Waals surface area contributed by atoms with Gasteiger partial charge in [-0.3, -0.25) is 4.79 Å². The van der Waals surface area contributed by atoms with Crippen LogP contribution < -0.4 is 5.32 Å². The van der Waals surface area contributed by atoms with E-state index >= 15 is 0 Å². The molecule has 19 heavy (non-hydrogen) atoms. The van der Waals surface area contributed by atoms with Gasteiger partial charge in [0.2, 0.25) is 0 Å². The van der Waals surface area contributed by atoms with Crippen LogP contribution in [0.4, 0.5) is 0 Å². The van der Waals surface area contributed by atoms with Crippen LogP contribution in [0.5, 0.6) is 5.75 Å². The summed E-state index contributed by atoms with van der Waals surface area (Å²) in [7, 11) is 0. The zero-order valence-electron chi connectivity index (χ0n) is 10.7. The maximum atomic E-state index is 12.0. The number of hydrogen-bond donors (Lipinski definition) is 3. The molecule has 0 saturated heterocycles. The molecule has 0 aromatic heterocycles. The van der Waals surface area contributed by atoms with E-state index in [2.05, 4.69) is 5.32 Å². The predicted octanol–water partition coefficient (Wildman–Crippen LogP) is 2.23. The van der Waals surface area contributed by atoms with Crippen molar-refractivity contribution in [2.45, 2.75) is 26.3 Å². The zero-order valence-corrected chi connectivity index (χ0v) is 12.8. The lowest BCUT2D eigenvalue weighted by Gasteiger charge is -2.20. The molecule has 1 rings (SSSR count). The lowest BCUT2D eigenvalue weighted by Crippen LogP contribution is -2.45. The molecule has 0 radical (unpaired) electrons. The molecule has 104 valence electrons. The molecular formula is C13H16INO4. The second-order valence-corrected chi connectivity index (χ2v) is 5.58. The van der Waals surface area contributed by atoms with E-state index in [1.54, 1.807) is 13.0 Å². The lowest BCUT2D eigenvalue weighted by atomic mass is 9.99. The summed E-state index contributed by atoms with van der Waals surface area (Å²) in [5, 5.41) is 21.2. The SMILES string of the molecule is CCC(C)C(NC(=O)c1cc(I)ccc1O)C(=O)O. The van der Waals surface area contributed by atoms with E-state index in [1.807, 2.05) is 29.5 Å². The zero-order chi connectivity index (χ0) is 14.6. The highest BCUT2D eigenvalue weighted by molar-refractivity contribution is 14.1. The van der Waals surface area contributed by atoms with Crippen LogP contribution in [-0.2, 0) is 4.79 Å². The minimum Gasteiger partial charge on any atom is -0.507 e. The third kappa shape index (κ3) is 4.09. The molecule has 2 unspecified atom stereocenters. The number of carbonyl (C=O) groups excluding carboxylic acids is 1. The van der Waals surface area contributed by atoms with Crippen molar-refractivity contribution >= 4 is 34.5 Å². The average molecular weight is 377 g/mol. The molecule has 0 aliphatic heterocycles. The molecule has 0 fully saturated rings. The number of rotatable bonds is 5. The van der Waals surface area contributed by atoms with Crippen molar-refractivity contribution in [3.05, 3.63) is 27.3 Å². The number of amides is 1. The first-order valence-electron chi connectivity index (χ1n) is 5.89. The molecule has 0 heterocycles. The number of halogens is 1. The van der Waals surface area contributed by atoms with Crippen molar-refractivity contribution in [1.29, 1.82) is 0 Å². The van der Waals surface area contributed by atoms with E-state index in [-0.39, 0.29) is 17.2 Å². The number of carboxylic acid groups (broad SMARTS) is 1. The predicted molar refractivity (Wildman–Crippen MR) is 79.2 cm³/mol. The van der Waals surface area contributed by atoms with Gasteiger partial charge in [-0.1, -0.05) is 20.3 Å². The highest BCUT2D eigenvalue weighted by Gasteiger charge is 2.26. The van der Waals surface area contributed by atoms with E-state index in [9.17, 15) is 14.7 Å². The molecule has 6 heteroatoms. The number of hydrogen-bond acceptors (Lipinski definition) is 3. The normalized spacial score (nSPS) is 13.6. The fourth-order valence-corrected chi connectivity index (χ4v) is 2.08. The third-order valence-electron chi connectivity index (χ3n) is 2.97. The van der Waals surface area contributed by atoms with Gasteiger partial charge >= 0.3 is 5.97 Å². The summed E-state index contributed by atoms with van der Waals surface area (Å²) in [4.78, 5) is 23.2. The Bertz CT molecular complexity index is 490. The van der Waals surface area contributed by atoms with Gasteiger partial charge in [0.1, 0.15) is 11.8 Å². The molecule has 1 amide bonds. The second-order valence-electron chi connectivity index (χ2n) is 4.34. The molecule has 0 spiro atoms. The second kappa shape index (κ2) is 6.74. The molecule has 1 aromatic carbocycles.